The van der Waals surface area contributed by atoms with Crippen molar-refractivity contribution in [2.24, 2.45) is 0 Å². The maximum absolute atomic E-state index is 11.0. The smallest absolute Gasteiger partial charge is 0.335 e. The van der Waals surface area contributed by atoms with Gasteiger partial charge in [-0.3, -0.25) is 0 Å². The van der Waals surface area contributed by atoms with Crippen LogP contribution in [0.1, 0.15) is 42.5 Å². The molecule has 0 saturated carbocycles. The van der Waals surface area contributed by atoms with E-state index in [1.54, 1.807) is 29.8 Å². The molecular weight excluding hydrogens is 244 g/mol. The van der Waals surface area contributed by atoms with E-state index in [0.29, 0.717) is 5.56 Å². The Hall–Kier alpha value is -2.24. The average Bonchev–Trinajstić information content (AvgIpc) is 2.76. The minimum atomic E-state index is -0.934. The molecule has 0 aliphatic rings. The minimum Gasteiger partial charge on any atom is -0.478 e. The molecule has 2 aromatic rings. The highest BCUT2D eigenvalue weighted by Gasteiger charge is 2.23. The van der Waals surface area contributed by atoms with Gasteiger partial charge in [-0.25, -0.2) is 4.79 Å². The molecule has 2 rings (SSSR count). The quantitative estimate of drug-likeness (QED) is 0.892. The van der Waals surface area contributed by atoms with Crippen molar-refractivity contribution in [2.75, 3.05) is 0 Å². The van der Waals surface area contributed by atoms with Crippen molar-refractivity contribution in [2.45, 2.75) is 33.1 Å². The second-order valence-corrected chi connectivity index (χ2v) is 5.47. The van der Waals surface area contributed by atoms with E-state index in [1.165, 1.54) is 0 Å². The topological polar surface area (TPSA) is 80.9 Å². The summed E-state index contributed by atoms with van der Waals surface area (Å²) in [5.41, 5.74) is 1.54. The number of hydrogen-bond acceptors (Lipinski definition) is 4. The summed E-state index contributed by atoms with van der Waals surface area (Å²) in [5.74, 6) is -0.202. The largest absolute Gasteiger partial charge is 0.478 e. The molecule has 1 heterocycles. The first-order chi connectivity index (χ1) is 8.80. The van der Waals surface area contributed by atoms with Crippen molar-refractivity contribution in [1.82, 2.24) is 20.2 Å². The van der Waals surface area contributed by atoms with Crippen molar-refractivity contribution in [1.29, 1.82) is 0 Å². The lowest BCUT2D eigenvalue weighted by atomic mass is 9.95. The Morgan fingerprint density at radius 3 is 2.53 bits per heavy atom. The van der Waals surface area contributed by atoms with E-state index in [9.17, 15) is 4.79 Å². The van der Waals surface area contributed by atoms with Gasteiger partial charge in [0.25, 0.3) is 0 Å². The highest BCUT2D eigenvalue weighted by atomic mass is 16.4. The molecule has 0 bridgehead atoms. The Labute approximate surface area is 111 Å². The first-order valence-corrected chi connectivity index (χ1v) is 5.94. The highest BCUT2D eigenvalue weighted by molar-refractivity contribution is 5.89. The van der Waals surface area contributed by atoms with Crippen molar-refractivity contribution in [3.05, 3.63) is 35.2 Å². The molecule has 1 aromatic heterocycles. The van der Waals surface area contributed by atoms with Gasteiger partial charge in [-0.05, 0) is 41.1 Å². The van der Waals surface area contributed by atoms with Crippen LogP contribution in [0.2, 0.25) is 0 Å². The number of hydrogen-bond donors (Lipinski definition) is 1. The third-order valence-corrected chi connectivity index (χ3v) is 2.83. The zero-order valence-corrected chi connectivity index (χ0v) is 11.4. The van der Waals surface area contributed by atoms with Crippen LogP contribution in [0.25, 0.3) is 5.69 Å². The van der Waals surface area contributed by atoms with Crippen LogP contribution in [0, 0.1) is 6.92 Å². The highest BCUT2D eigenvalue weighted by Crippen LogP contribution is 2.22. The summed E-state index contributed by atoms with van der Waals surface area (Å²) in [6.07, 6.45) is 0. The van der Waals surface area contributed by atoms with Gasteiger partial charge in [0.1, 0.15) is 0 Å². The third kappa shape index (κ3) is 2.47. The molecular formula is C13H16N4O2. The molecule has 0 saturated heterocycles. The van der Waals surface area contributed by atoms with Gasteiger partial charge in [0.05, 0.1) is 11.3 Å². The Kier molecular flexibility index (Phi) is 3.09. The molecule has 1 N–H and O–H groups in total. The number of aromatic nitrogens is 4. The maximum Gasteiger partial charge on any atom is 0.335 e. The first kappa shape index (κ1) is 13.2. The van der Waals surface area contributed by atoms with Crippen LogP contribution in [0.5, 0.6) is 0 Å². The average molecular weight is 260 g/mol. The number of nitrogens with zero attached hydrogens (tertiary/aromatic N) is 4. The van der Waals surface area contributed by atoms with Gasteiger partial charge < -0.3 is 5.11 Å². The van der Waals surface area contributed by atoms with Gasteiger partial charge in [-0.1, -0.05) is 20.8 Å². The fourth-order valence-corrected chi connectivity index (χ4v) is 1.85. The van der Waals surface area contributed by atoms with Gasteiger partial charge in [0.15, 0.2) is 5.82 Å². The lowest BCUT2D eigenvalue weighted by Gasteiger charge is -2.17. The Morgan fingerprint density at radius 1 is 1.32 bits per heavy atom. The number of tetrazole rings is 1. The Balaban J connectivity index is 2.52. The van der Waals surface area contributed by atoms with E-state index in [-0.39, 0.29) is 11.0 Å². The molecule has 0 amide bonds. The molecule has 0 fully saturated rings. The number of carboxylic acids is 1. The van der Waals surface area contributed by atoms with E-state index in [1.807, 2.05) is 20.8 Å². The monoisotopic (exact) mass is 260 g/mol. The zero-order valence-electron chi connectivity index (χ0n) is 11.4. The number of carboxylic acid groups (broad SMARTS) is 1. The molecule has 0 radical (unpaired) electrons. The Morgan fingerprint density at radius 2 is 2.00 bits per heavy atom. The second kappa shape index (κ2) is 4.46. The summed E-state index contributed by atoms with van der Waals surface area (Å²) in [5, 5.41) is 20.7. The zero-order chi connectivity index (χ0) is 14.2. The normalized spacial score (nSPS) is 11.6. The SMILES string of the molecule is Cc1cc(-n2nnnc2C(C)(C)C)ccc1C(=O)O. The summed E-state index contributed by atoms with van der Waals surface area (Å²) < 4.78 is 1.64. The fourth-order valence-electron chi connectivity index (χ4n) is 1.85. The van der Waals surface area contributed by atoms with Gasteiger partial charge in [-0.2, -0.15) is 4.68 Å². The second-order valence-electron chi connectivity index (χ2n) is 5.47. The van der Waals surface area contributed by atoms with Crippen LogP contribution in [0.3, 0.4) is 0 Å². The van der Waals surface area contributed by atoms with Crippen LogP contribution in [0.15, 0.2) is 18.2 Å². The predicted octanol–water partition coefficient (Wildman–Crippen LogP) is 1.97. The molecule has 19 heavy (non-hydrogen) atoms. The minimum absolute atomic E-state index is 0.192. The number of aryl methyl sites for hydroxylation is 1. The summed E-state index contributed by atoms with van der Waals surface area (Å²) in [4.78, 5) is 11.0. The maximum atomic E-state index is 11.0. The number of benzene rings is 1. The summed E-state index contributed by atoms with van der Waals surface area (Å²) >= 11 is 0. The number of carbonyl (C=O) groups is 1. The molecule has 0 atom stereocenters. The lowest BCUT2D eigenvalue weighted by Crippen LogP contribution is -2.19. The predicted molar refractivity (Wildman–Crippen MR) is 69.6 cm³/mol. The van der Waals surface area contributed by atoms with Gasteiger partial charge in [0, 0.05) is 5.41 Å². The summed E-state index contributed by atoms with van der Waals surface area (Å²) in [7, 11) is 0. The molecule has 6 heteroatoms. The van der Waals surface area contributed by atoms with Crippen molar-refractivity contribution in [3.8, 4) is 5.69 Å². The third-order valence-electron chi connectivity index (χ3n) is 2.83. The van der Waals surface area contributed by atoms with Crippen LogP contribution in [-0.2, 0) is 5.41 Å². The Bertz CT molecular complexity index is 626. The molecule has 0 aliphatic heterocycles. The van der Waals surface area contributed by atoms with Gasteiger partial charge >= 0.3 is 5.97 Å². The van der Waals surface area contributed by atoms with E-state index in [0.717, 1.165) is 11.5 Å². The number of rotatable bonds is 2. The van der Waals surface area contributed by atoms with Gasteiger partial charge in [0.2, 0.25) is 0 Å². The molecule has 0 unspecified atom stereocenters. The van der Waals surface area contributed by atoms with Gasteiger partial charge in [-0.15, -0.1) is 5.10 Å². The van der Waals surface area contributed by atoms with E-state index < -0.39 is 5.97 Å². The van der Waals surface area contributed by atoms with Crippen LogP contribution in [0.4, 0.5) is 0 Å². The lowest BCUT2D eigenvalue weighted by molar-refractivity contribution is 0.0696. The molecule has 1 aromatic carbocycles. The molecule has 0 aliphatic carbocycles. The van der Waals surface area contributed by atoms with E-state index >= 15 is 0 Å². The van der Waals surface area contributed by atoms with E-state index in [4.69, 9.17) is 5.11 Å². The fraction of sp³-hybridized carbons (Fsp3) is 0.385. The number of aromatic carboxylic acids is 1. The van der Waals surface area contributed by atoms with Crippen LogP contribution in [-0.4, -0.2) is 31.3 Å². The molecule has 6 nitrogen and oxygen atoms in total. The first-order valence-electron chi connectivity index (χ1n) is 5.94. The molecule has 100 valence electrons. The summed E-state index contributed by atoms with van der Waals surface area (Å²) in [6.45, 7) is 7.82. The van der Waals surface area contributed by atoms with E-state index in [2.05, 4.69) is 15.5 Å². The van der Waals surface area contributed by atoms with Crippen molar-refractivity contribution >= 4 is 5.97 Å². The van der Waals surface area contributed by atoms with Crippen LogP contribution >= 0.6 is 0 Å². The standard InChI is InChI=1S/C13H16N4O2/c1-8-7-9(5-6-10(8)11(18)19)17-12(13(2,3)4)14-15-16-17/h5-7H,1-4H3,(H,18,19). The van der Waals surface area contributed by atoms with Crippen molar-refractivity contribution in [3.63, 3.8) is 0 Å². The van der Waals surface area contributed by atoms with Crippen molar-refractivity contribution < 1.29 is 9.90 Å². The molecule has 0 spiro atoms. The van der Waals surface area contributed by atoms with Crippen LogP contribution < -0.4 is 0 Å². The summed E-state index contributed by atoms with van der Waals surface area (Å²) in [6, 6.07) is 5.05.